The number of benzene rings is 3. The normalized spacial score (nSPS) is 14.0. The van der Waals surface area contributed by atoms with Gasteiger partial charge in [-0.15, -0.1) is 0 Å². The number of fused-ring (bicyclic) bond motifs is 1. The molecule has 1 aliphatic heterocycles. The molecule has 0 spiro atoms. The number of halogens is 3. The predicted molar refractivity (Wildman–Crippen MR) is 137 cm³/mol. The molecule has 3 aromatic carbocycles. The smallest absolute Gasteiger partial charge is 0.356 e. The maximum atomic E-state index is 13.3. The van der Waals surface area contributed by atoms with Crippen LogP contribution >= 0.6 is 0 Å². The quantitative estimate of drug-likeness (QED) is 0.378. The summed E-state index contributed by atoms with van der Waals surface area (Å²) >= 11 is 0. The molecule has 3 aromatic rings. The van der Waals surface area contributed by atoms with Crippen LogP contribution in [0.5, 0.6) is 0 Å². The molecule has 194 valence electrons. The van der Waals surface area contributed by atoms with E-state index >= 15 is 0 Å². The summed E-state index contributed by atoms with van der Waals surface area (Å²) in [7, 11) is 0. The minimum absolute atomic E-state index is 0.0806. The van der Waals surface area contributed by atoms with Gasteiger partial charge in [0.1, 0.15) is 0 Å². The molecule has 37 heavy (non-hydrogen) atoms. The number of amides is 3. The monoisotopic (exact) mass is 509 g/mol. The Morgan fingerprint density at radius 2 is 1.70 bits per heavy atom. The van der Waals surface area contributed by atoms with E-state index in [0.717, 1.165) is 46.4 Å². The Balaban J connectivity index is 1.46. The largest absolute Gasteiger partial charge is 0.416 e. The third-order valence-corrected chi connectivity index (χ3v) is 6.62. The maximum Gasteiger partial charge on any atom is 0.416 e. The highest BCUT2D eigenvalue weighted by atomic mass is 19.4. The third-order valence-electron chi connectivity index (χ3n) is 6.62. The highest BCUT2D eigenvalue weighted by Crippen LogP contribution is 2.34. The summed E-state index contributed by atoms with van der Waals surface area (Å²) in [5, 5.41) is 5.95. The van der Waals surface area contributed by atoms with Gasteiger partial charge in [-0.1, -0.05) is 60.7 Å². The van der Waals surface area contributed by atoms with Crippen LogP contribution in [0, 0.1) is 0 Å². The molecule has 0 aliphatic carbocycles. The fraction of sp³-hybridized carbons (Fsp3) is 0.310. The number of urea groups is 1. The van der Waals surface area contributed by atoms with Gasteiger partial charge in [0.05, 0.1) is 11.6 Å². The molecule has 3 amide bonds. The third kappa shape index (κ3) is 6.70. The lowest BCUT2D eigenvalue weighted by Gasteiger charge is -2.32. The van der Waals surface area contributed by atoms with Gasteiger partial charge in [-0.2, -0.15) is 13.2 Å². The second-order valence-electron chi connectivity index (χ2n) is 9.23. The van der Waals surface area contributed by atoms with Gasteiger partial charge >= 0.3 is 12.2 Å². The highest BCUT2D eigenvalue weighted by molar-refractivity contribution is 5.76. The second-order valence-corrected chi connectivity index (χ2v) is 9.23. The lowest BCUT2D eigenvalue weighted by atomic mass is 9.90. The molecule has 1 atom stereocenters. The Kier molecular flexibility index (Phi) is 8.16. The van der Waals surface area contributed by atoms with Gasteiger partial charge in [0.2, 0.25) is 5.91 Å². The van der Waals surface area contributed by atoms with Crippen molar-refractivity contribution >= 4 is 11.9 Å². The summed E-state index contributed by atoms with van der Waals surface area (Å²) in [5.41, 5.74) is 3.99. The summed E-state index contributed by atoms with van der Waals surface area (Å²) in [6.07, 6.45) is -2.36. The van der Waals surface area contributed by atoms with Crippen LogP contribution in [-0.2, 0) is 23.9 Å². The lowest BCUT2D eigenvalue weighted by Crippen LogP contribution is -2.44. The molecule has 1 aliphatic rings. The van der Waals surface area contributed by atoms with E-state index in [4.69, 9.17) is 0 Å². The average Bonchev–Trinajstić information content (AvgIpc) is 2.89. The molecule has 4 rings (SSSR count). The van der Waals surface area contributed by atoms with Crippen LogP contribution in [0.1, 0.15) is 48.1 Å². The van der Waals surface area contributed by atoms with Gasteiger partial charge in [0.15, 0.2) is 0 Å². The van der Waals surface area contributed by atoms with E-state index in [0.29, 0.717) is 32.5 Å². The van der Waals surface area contributed by atoms with Crippen molar-refractivity contribution in [1.29, 1.82) is 0 Å². The molecule has 0 bridgehead atoms. The van der Waals surface area contributed by atoms with Crippen LogP contribution < -0.4 is 10.6 Å². The number of hydrogen-bond donors (Lipinski definition) is 2. The van der Waals surface area contributed by atoms with Gasteiger partial charge in [-0.05, 0) is 59.2 Å². The van der Waals surface area contributed by atoms with Crippen LogP contribution in [0.3, 0.4) is 0 Å². The number of carbonyl (C=O) groups excluding carboxylic acids is 2. The van der Waals surface area contributed by atoms with Gasteiger partial charge in [-0.25, -0.2) is 4.79 Å². The van der Waals surface area contributed by atoms with E-state index in [2.05, 4.69) is 10.6 Å². The van der Waals surface area contributed by atoms with E-state index in [1.165, 1.54) is 19.1 Å². The van der Waals surface area contributed by atoms with Crippen LogP contribution in [0.25, 0.3) is 11.1 Å². The summed E-state index contributed by atoms with van der Waals surface area (Å²) in [4.78, 5) is 26.2. The molecular formula is C29H30F3N3O2. The SMILES string of the molecule is CC(=O)NCCC[C@H](NC(=O)N1CCc2c(cccc2-c2ccc(C(F)(F)F)cc2)C1)c1ccccc1. The predicted octanol–water partition coefficient (Wildman–Crippen LogP) is 6.10. The molecule has 0 saturated heterocycles. The molecular weight excluding hydrogens is 479 g/mol. The maximum absolute atomic E-state index is 13.3. The van der Waals surface area contributed by atoms with E-state index in [1.54, 1.807) is 4.90 Å². The van der Waals surface area contributed by atoms with Crippen molar-refractivity contribution in [2.24, 2.45) is 0 Å². The van der Waals surface area contributed by atoms with Crippen LogP contribution in [0.2, 0.25) is 0 Å². The van der Waals surface area contributed by atoms with Crippen molar-refractivity contribution < 1.29 is 22.8 Å². The van der Waals surface area contributed by atoms with Crippen LogP contribution in [0.15, 0.2) is 72.8 Å². The zero-order valence-corrected chi connectivity index (χ0v) is 20.6. The van der Waals surface area contributed by atoms with E-state index in [9.17, 15) is 22.8 Å². The Hall–Kier alpha value is -3.81. The van der Waals surface area contributed by atoms with Gasteiger partial charge < -0.3 is 15.5 Å². The number of carbonyl (C=O) groups is 2. The Morgan fingerprint density at radius 3 is 2.38 bits per heavy atom. The number of nitrogens with one attached hydrogen (secondary N) is 2. The van der Waals surface area contributed by atoms with Crippen molar-refractivity contribution in [1.82, 2.24) is 15.5 Å². The Morgan fingerprint density at radius 1 is 0.973 bits per heavy atom. The fourth-order valence-corrected chi connectivity index (χ4v) is 4.71. The highest BCUT2D eigenvalue weighted by Gasteiger charge is 2.30. The van der Waals surface area contributed by atoms with Crippen molar-refractivity contribution in [3.63, 3.8) is 0 Å². The van der Waals surface area contributed by atoms with Gasteiger partial charge in [0.25, 0.3) is 0 Å². The number of nitrogens with zero attached hydrogens (tertiary/aromatic N) is 1. The molecule has 8 heteroatoms. The van der Waals surface area contributed by atoms with Crippen molar-refractivity contribution in [2.45, 2.75) is 44.9 Å². The van der Waals surface area contributed by atoms with Crippen LogP contribution in [-0.4, -0.2) is 29.9 Å². The minimum atomic E-state index is -4.37. The van der Waals surface area contributed by atoms with Crippen molar-refractivity contribution in [3.8, 4) is 11.1 Å². The lowest BCUT2D eigenvalue weighted by molar-refractivity contribution is -0.137. The minimum Gasteiger partial charge on any atom is -0.356 e. The number of rotatable bonds is 7. The summed E-state index contributed by atoms with van der Waals surface area (Å²) < 4.78 is 38.9. The molecule has 5 nitrogen and oxygen atoms in total. The molecule has 0 aromatic heterocycles. The molecule has 2 N–H and O–H groups in total. The summed E-state index contributed by atoms with van der Waals surface area (Å²) in [6, 6.07) is 20.4. The fourth-order valence-electron chi connectivity index (χ4n) is 4.71. The molecule has 0 saturated carbocycles. The molecule has 1 heterocycles. The molecule has 0 unspecified atom stereocenters. The van der Waals surface area contributed by atoms with Gasteiger partial charge in [-0.3, -0.25) is 4.79 Å². The number of hydrogen-bond acceptors (Lipinski definition) is 2. The summed E-state index contributed by atoms with van der Waals surface area (Å²) in [5.74, 6) is -0.0806. The average molecular weight is 510 g/mol. The Bertz CT molecular complexity index is 1230. The van der Waals surface area contributed by atoms with Crippen molar-refractivity contribution in [3.05, 3.63) is 95.1 Å². The Labute approximate surface area is 214 Å². The molecule has 0 fully saturated rings. The second kappa shape index (κ2) is 11.5. The zero-order valence-electron chi connectivity index (χ0n) is 20.6. The van der Waals surface area contributed by atoms with E-state index in [-0.39, 0.29) is 18.0 Å². The number of alkyl halides is 3. The first-order valence-corrected chi connectivity index (χ1v) is 12.4. The van der Waals surface area contributed by atoms with Gasteiger partial charge in [0, 0.05) is 26.6 Å². The van der Waals surface area contributed by atoms with Crippen molar-refractivity contribution in [2.75, 3.05) is 13.1 Å². The van der Waals surface area contributed by atoms with E-state index < -0.39 is 11.7 Å². The first kappa shape index (κ1) is 26.3. The standard InChI is InChI=1S/C29H30F3N3O2/c1-20(36)33-17-6-11-27(22-7-3-2-4-8-22)34-28(37)35-18-16-26-23(19-35)9-5-10-25(26)21-12-14-24(15-13-21)29(30,31)32/h2-5,7-10,12-15,27H,6,11,16-19H2,1H3,(H,33,36)(H,34,37)/t27-/m0/s1. The first-order valence-electron chi connectivity index (χ1n) is 12.4. The zero-order chi connectivity index (χ0) is 26.4. The van der Waals surface area contributed by atoms with Crippen LogP contribution in [0.4, 0.5) is 18.0 Å². The topological polar surface area (TPSA) is 61.4 Å². The molecule has 0 radical (unpaired) electrons. The summed E-state index contributed by atoms with van der Waals surface area (Å²) in [6.45, 7) is 2.94. The first-order chi connectivity index (χ1) is 17.7. The van der Waals surface area contributed by atoms with E-state index in [1.807, 2.05) is 48.5 Å².